The Morgan fingerprint density at radius 3 is 2.72 bits per heavy atom. The number of aryl methyl sites for hydroxylation is 1. The van der Waals surface area contributed by atoms with Crippen molar-refractivity contribution in [2.45, 2.75) is 25.7 Å². The molecule has 0 atom stereocenters. The SMILES string of the molecule is Cc1nc2ccc(C3CC3)nc2n2c(-c3cc(Br)ccc3F)nnc12. The van der Waals surface area contributed by atoms with Gasteiger partial charge in [0.15, 0.2) is 17.1 Å². The Morgan fingerprint density at radius 2 is 1.92 bits per heavy atom. The summed E-state index contributed by atoms with van der Waals surface area (Å²) in [5.41, 5.74) is 4.20. The summed E-state index contributed by atoms with van der Waals surface area (Å²) in [6, 6.07) is 8.79. The molecule has 1 aromatic carbocycles. The summed E-state index contributed by atoms with van der Waals surface area (Å²) < 4.78 is 17.0. The van der Waals surface area contributed by atoms with Crippen LogP contribution in [-0.2, 0) is 0 Å². The number of rotatable bonds is 2. The van der Waals surface area contributed by atoms with E-state index in [1.165, 1.54) is 6.07 Å². The molecule has 3 heterocycles. The molecule has 0 bridgehead atoms. The summed E-state index contributed by atoms with van der Waals surface area (Å²) in [6.07, 6.45) is 2.33. The lowest BCUT2D eigenvalue weighted by molar-refractivity contribution is 0.629. The fourth-order valence-electron chi connectivity index (χ4n) is 3.11. The summed E-state index contributed by atoms with van der Waals surface area (Å²) in [7, 11) is 0. The third kappa shape index (κ3) is 2.33. The number of hydrogen-bond acceptors (Lipinski definition) is 4. The van der Waals surface area contributed by atoms with Crippen LogP contribution < -0.4 is 0 Å². The van der Waals surface area contributed by atoms with Crippen molar-refractivity contribution in [1.82, 2.24) is 24.6 Å². The van der Waals surface area contributed by atoms with Crippen LogP contribution in [0.15, 0.2) is 34.8 Å². The van der Waals surface area contributed by atoms with Gasteiger partial charge >= 0.3 is 0 Å². The molecule has 124 valence electrons. The lowest BCUT2D eigenvalue weighted by Gasteiger charge is -2.08. The highest BCUT2D eigenvalue weighted by atomic mass is 79.9. The van der Waals surface area contributed by atoms with Crippen LogP contribution in [0.1, 0.15) is 30.1 Å². The molecule has 1 aliphatic carbocycles. The predicted molar refractivity (Wildman–Crippen MR) is 95.9 cm³/mol. The molecule has 0 saturated heterocycles. The van der Waals surface area contributed by atoms with E-state index in [2.05, 4.69) is 31.1 Å². The van der Waals surface area contributed by atoms with Crippen molar-refractivity contribution in [2.24, 2.45) is 0 Å². The molecule has 0 unspecified atom stereocenters. The van der Waals surface area contributed by atoms with Gasteiger partial charge in [0, 0.05) is 16.1 Å². The van der Waals surface area contributed by atoms with Crippen LogP contribution in [-0.4, -0.2) is 24.6 Å². The topological polar surface area (TPSA) is 56.0 Å². The minimum atomic E-state index is -0.349. The lowest BCUT2D eigenvalue weighted by atomic mass is 10.2. The summed E-state index contributed by atoms with van der Waals surface area (Å²) in [5.74, 6) is 0.603. The zero-order valence-electron chi connectivity index (χ0n) is 13.4. The molecule has 0 radical (unpaired) electrons. The first-order valence-electron chi connectivity index (χ1n) is 8.09. The fraction of sp³-hybridized carbons (Fsp3) is 0.222. The summed E-state index contributed by atoms with van der Waals surface area (Å²) >= 11 is 3.40. The van der Waals surface area contributed by atoms with Gasteiger partial charge in [-0.25, -0.2) is 14.4 Å². The van der Waals surface area contributed by atoms with Gasteiger partial charge in [0.1, 0.15) is 11.3 Å². The highest BCUT2D eigenvalue weighted by molar-refractivity contribution is 9.10. The van der Waals surface area contributed by atoms with Gasteiger partial charge < -0.3 is 0 Å². The van der Waals surface area contributed by atoms with Gasteiger partial charge in [-0.1, -0.05) is 15.9 Å². The van der Waals surface area contributed by atoms with Gasteiger partial charge in [-0.05, 0) is 50.1 Å². The average molecular weight is 398 g/mol. The lowest BCUT2D eigenvalue weighted by Crippen LogP contribution is -2.02. The van der Waals surface area contributed by atoms with Crippen LogP contribution in [0.2, 0.25) is 0 Å². The Labute approximate surface area is 151 Å². The van der Waals surface area contributed by atoms with Crippen molar-refractivity contribution in [1.29, 1.82) is 0 Å². The number of fused-ring (bicyclic) bond motifs is 3. The number of nitrogens with zero attached hydrogens (tertiary/aromatic N) is 5. The molecule has 1 fully saturated rings. The maximum Gasteiger partial charge on any atom is 0.184 e. The third-order valence-electron chi connectivity index (χ3n) is 4.53. The van der Waals surface area contributed by atoms with Crippen LogP contribution in [0.5, 0.6) is 0 Å². The Hall–Kier alpha value is -2.41. The van der Waals surface area contributed by atoms with Crippen LogP contribution in [0.25, 0.3) is 28.2 Å². The monoisotopic (exact) mass is 397 g/mol. The fourth-order valence-corrected chi connectivity index (χ4v) is 3.47. The molecule has 5 rings (SSSR count). The molecule has 3 aromatic heterocycles. The van der Waals surface area contributed by atoms with Crippen LogP contribution in [0, 0.1) is 12.7 Å². The molecule has 0 spiro atoms. The van der Waals surface area contributed by atoms with Crippen LogP contribution in [0.3, 0.4) is 0 Å². The molecular weight excluding hydrogens is 385 g/mol. The molecule has 1 saturated carbocycles. The minimum absolute atomic E-state index is 0.349. The average Bonchev–Trinajstić information content (AvgIpc) is 3.35. The maximum absolute atomic E-state index is 14.4. The van der Waals surface area contributed by atoms with E-state index in [1.807, 2.05) is 23.5 Å². The second-order valence-corrected chi connectivity index (χ2v) is 7.27. The Bertz CT molecular complexity index is 1150. The van der Waals surface area contributed by atoms with Crippen molar-refractivity contribution < 1.29 is 4.39 Å². The zero-order valence-corrected chi connectivity index (χ0v) is 15.0. The van der Waals surface area contributed by atoms with E-state index in [0.29, 0.717) is 28.6 Å². The number of hydrogen-bond donors (Lipinski definition) is 0. The molecule has 1 aliphatic rings. The number of pyridine rings is 1. The molecule has 0 aliphatic heterocycles. The first-order chi connectivity index (χ1) is 12.1. The highest BCUT2D eigenvalue weighted by Gasteiger charge is 2.26. The van der Waals surface area contributed by atoms with Crippen molar-refractivity contribution in [2.75, 3.05) is 0 Å². The van der Waals surface area contributed by atoms with Gasteiger partial charge in [0.25, 0.3) is 0 Å². The Balaban J connectivity index is 1.89. The first kappa shape index (κ1) is 14.9. The smallest absolute Gasteiger partial charge is 0.184 e. The predicted octanol–water partition coefficient (Wildman–Crippen LogP) is 4.43. The van der Waals surface area contributed by atoms with Gasteiger partial charge in [0.2, 0.25) is 0 Å². The van der Waals surface area contributed by atoms with Crippen LogP contribution in [0.4, 0.5) is 4.39 Å². The largest absolute Gasteiger partial charge is 0.255 e. The van der Waals surface area contributed by atoms with E-state index in [9.17, 15) is 4.39 Å². The molecule has 4 aromatic rings. The Morgan fingerprint density at radius 1 is 1.08 bits per heavy atom. The van der Waals surface area contributed by atoms with Gasteiger partial charge in [-0.3, -0.25) is 4.40 Å². The molecule has 25 heavy (non-hydrogen) atoms. The maximum atomic E-state index is 14.4. The van der Waals surface area contributed by atoms with Gasteiger partial charge in [-0.15, -0.1) is 10.2 Å². The number of benzene rings is 1. The van der Waals surface area contributed by atoms with E-state index in [1.54, 1.807) is 12.1 Å². The standard InChI is InChI=1S/C18H13BrFN5/c1-9-16-23-24-17(12-8-11(19)4-5-13(12)20)25(16)18-15(21-9)7-6-14(22-18)10-2-3-10/h4-8,10H,2-3H2,1H3. The second kappa shape index (κ2) is 5.29. The molecule has 7 heteroatoms. The van der Waals surface area contributed by atoms with Gasteiger partial charge in [0.05, 0.1) is 11.3 Å². The highest BCUT2D eigenvalue weighted by Crippen LogP contribution is 2.39. The van der Waals surface area contributed by atoms with Crippen molar-refractivity contribution in [3.63, 3.8) is 0 Å². The van der Waals surface area contributed by atoms with E-state index in [-0.39, 0.29) is 5.82 Å². The van der Waals surface area contributed by atoms with Crippen molar-refractivity contribution in [3.8, 4) is 11.4 Å². The van der Waals surface area contributed by atoms with E-state index >= 15 is 0 Å². The molecule has 0 amide bonds. The Kier molecular flexibility index (Phi) is 3.15. The quantitative estimate of drug-likeness (QED) is 0.502. The van der Waals surface area contributed by atoms with Gasteiger partial charge in [-0.2, -0.15) is 0 Å². The molecule has 5 nitrogen and oxygen atoms in total. The summed E-state index contributed by atoms with van der Waals surface area (Å²) in [5, 5.41) is 8.47. The van der Waals surface area contributed by atoms with E-state index in [4.69, 9.17) is 4.98 Å². The summed E-state index contributed by atoms with van der Waals surface area (Å²) in [4.78, 5) is 9.39. The number of aromatic nitrogens is 5. The normalized spacial score (nSPS) is 14.5. The second-order valence-electron chi connectivity index (χ2n) is 6.36. The zero-order chi connectivity index (χ0) is 17.1. The number of halogens is 2. The minimum Gasteiger partial charge on any atom is -0.255 e. The molecule has 0 N–H and O–H groups in total. The van der Waals surface area contributed by atoms with Crippen LogP contribution >= 0.6 is 15.9 Å². The first-order valence-corrected chi connectivity index (χ1v) is 8.89. The third-order valence-corrected chi connectivity index (χ3v) is 5.02. The van der Waals surface area contributed by atoms with E-state index < -0.39 is 0 Å². The van der Waals surface area contributed by atoms with Crippen molar-refractivity contribution >= 4 is 32.7 Å². The molecular formula is C18H13BrFN5. The summed E-state index contributed by atoms with van der Waals surface area (Å²) in [6.45, 7) is 1.87. The van der Waals surface area contributed by atoms with E-state index in [0.717, 1.165) is 34.2 Å². The van der Waals surface area contributed by atoms with Crippen molar-refractivity contribution in [3.05, 3.63) is 52.0 Å².